The van der Waals surface area contributed by atoms with Crippen molar-refractivity contribution in [1.29, 1.82) is 0 Å². The van der Waals surface area contributed by atoms with Crippen molar-refractivity contribution in [3.63, 3.8) is 0 Å². The van der Waals surface area contributed by atoms with Crippen LogP contribution in [0.4, 0.5) is 8.78 Å². The van der Waals surface area contributed by atoms with E-state index in [1.54, 1.807) is 13.8 Å². The van der Waals surface area contributed by atoms with Gasteiger partial charge in [0.15, 0.2) is 0 Å². The van der Waals surface area contributed by atoms with Crippen molar-refractivity contribution in [2.24, 2.45) is 11.1 Å². The zero-order valence-electron chi connectivity index (χ0n) is 9.21. The van der Waals surface area contributed by atoms with Gasteiger partial charge in [-0.2, -0.15) is 0 Å². The predicted molar refractivity (Wildman–Crippen MR) is 61.4 cm³/mol. The molecule has 0 unspecified atom stereocenters. The highest BCUT2D eigenvalue weighted by Gasteiger charge is 2.30. The first-order valence-corrected chi connectivity index (χ1v) is 4.70. The zero-order chi connectivity index (χ0) is 11.6. The molecule has 0 aliphatic rings. The van der Waals surface area contributed by atoms with E-state index in [1.165, 1.54) is 6.07 Å². The smallest absolute Gasteiger partial charge is 0.130 e. The Morgan fingerprint density at radius 2 is 1.75 bits per heavy atom. The summed E-state index contributed by atoms with van der Waals surface area (Å²) >= 11 is 0. The van der Waals surface area contributed by atoms with Gasteiger partial charge in [-0.25, -0.2) is 8.78 Å². The van der Waals surface area contributed by atoms with Crippen LogP contribution in [0, 0.1) is 17.0 Å². The Morgan fingerprint density at radius 1 is 1.31 bits per heavy atom. The lowest BCUT2D eigenvalue weighted by molar-refractivity contribution is 0.129. The molecule has 0 bridgehead atoms. The molecule has 0 radical (unpaired) electrons. The van der Waals surface area contributed by atoms with E-state index in [0.29, 0.717) is 0 Å². The third-order valence-electron chi connectivity index (χ3n) is 2.56. The van der Waals surface area contributed by atoms with Crippen molar-refractivity contribution in [1.82, 2.24) is 0 Å². The Labute approximate surface area is 99.9 Å². The van der Waals surface area contributed by atoms with Crippen molar-refractivity contribution in [2.45, 2.75) is 19.9 Å². The van der Waals surface area contributed by atoms with Gasteiger partial charge in [0.1, 0.15) is 11.6 Å². The molecule has 0 saturated heterocycles. The SMILES string of the molecule is CC(C)(CO)[C@H](N)c1c(F)cccc1F.Cl. The van der Waals surface area contributed by atoms with E-state index < -0.39 is 23.1 Å². The van der Waals surface area contributed by atoms with E-state index in [9.17, 15) is 8.78 Å². The molecule has 16 heavy (non-hydrogen) atoms. The molecule has 0 spiro atoms. The molecule has 1 atom stereocenters. The molecule has 1 rings (SSSR count). The number of halogens is 3. The molecule has 1 aromatic rings. The second kappa shape index (κ2) is 5.57. The Hall–Kier alpha value is -0.710. The van der Waals surface area contributed by atoms with Crippen molar-refractivity contribution in [2.75, 3.05) is 6.61 Å². The highest BCUT2D eigenvalue weighted by Crippen LogP contribution is 2.33. The molecule has 2 nitrogen and oxygen atoms in total. The minimum Gasteiger partial charge on any atom is -0.396 e. The summed E-state index contributed by atoms with van der Waals surface area (Å²) in [7, 11) is 0. The summed E-state index contributed by atoms with van der Waals surface area (Å²) in [5, 5.41) is 9.08. The van der Waals surface area contributed by atoms with Gasteiger partial charge < -0.3 is 10.8 Å². The average Bonchev–Trinajstić information content (AvgIpc) is 2.17. The largest absolute Gasteiger partial charge is 0.396 e. The number of nitrogens with two attached hydrogens (primary N) is 1. The van der Waals surface area contributed by atoms with Gasteiger partial charge in [-0.05, 0) is 12.1 Å². The van der Waals surface area contributed by atoms with E-state index >= 15 is 0 Å². The predicted octanol–water partition coefficient (Wildman–Crippen LogP) is 2.40. The third-order valence-corrected chi connectivity index (χ3v) is 2.56. The second-order valence-electron chi connectivity index (χ2n) is 4.26. The molecule has 0 saturated carbocycles. The summed E-state index contributed by atoms with van der Waals surface area (Å²) in [6.45, 7) is 3.08. The quantitative estimate of drug-likeness (QED) is 0.867. The number of rotatable bonds is 3. The van der Waals surface area contributed by atoms with E-state index in [1.807, 2.05) is 0 Å². The van der Waals surface area contributed by atoms with Crippen LogP contribution in [0.3, 0.4) is 0 Å². The summed E-state index contributed by atoms with van der Waals surface area (Å²) in [6.07, 6.45) is 0. The van der Waals surface area contributed by atoms with Crippen LogP contribution in [0.15, 0.2) is 18.2 Å². The first-order valence-electron chi connectivity index (χ1n) is 4.70. The molecular formula is C11H16ClF2NO. The third kappa shape index (κ3) is 2.90. The van der Waals surface area contributed by atoms with E-state index in [2.05, 4.69) is 0 Å². The molecule has 1 aromatic carbocycles. The molecule has 0 heterocycles. The maximum Gasteiger partial charge on any atom is 0.130 e. The van der Waals surface area contributed by atoms with Crippen LogP contribution in [-0.2, 0) is 0 Å². The highest BCUT2D eigenvalue weighted by atomic mass is 35.5. The number of aliphatic hydroxyl groups is 1. The molecule has 92 valence electrons. The highest BCUT2D eigenvalue weighted by molar-refractivity contribution is 5.85. The van der Waals surface area contributed by atoms with Crippen LogP contribution in [-0.4, -0.2) is 11.7 Å². The van der Waals surface area contributed by atoms with Gasteiger partial charge in [0.25, 0.3) is 0 Å². The molecule has 0 aromatic heterocycles. The Bertz CT molecular complexity index is 338. The van der Waals surface area contributed by atoms with Crippen LogP contribution in [0.1, 0.15) is 25.5 Å². The molecule has 0 amide bonds. The van der Waals surface area contributed by atoms with Crippen LogP contribution in [0.25, 0.3) is 0 Å². The Kier molecular flexibility index (Phi) is 5.32. The number of benzene rings is 1. The summed E-state index contributed by atoms with van der Waals surface area (Å²) in [4.78, 5) is 0. The molecule has 0 fully saturated rings. The minimum atomic E-state index is -0.872. The first kappa shape index (κ1) is 15.3. The van der Waals surface area contributed by atoms with E-state index in [0.717, 1.165) is 12.1 Å². The lowest BCUT2D eigenvalue weighted by Gasteiger charge is -2.30. The van der Waals surface area contributed by atoms with Gasteiger partial charge >= 0.3 is 0 Å². The summed E-state index contributed by atoms with van der Waals surface area (Å²) in [5.74, 6) is -1.35. The van der Waals surface area contributed by atoms with Crippen molar-refractivity contribution in [3.05, 3.63) is 35.4 Å². The van der Waals surface area contributed by atoms with Gasteiger partial charge in [-0.15, -0.1) is 12.4 Å². The summed E-state index contributed by atoms with van der Waals surface area (Å²) < 4.78 is 26.7. The Balaban J connectivity index is 0.00000225. The minimum absolute atomic E-state index is 0. The van der Waals surface area contributed by atoms with Crippen LogP contribution in [0.2, 0.25) is 0 Å². The Morgan fingerprint density at radius 3 is 2.12 bits per heavy atom. The summed E-state index contributed by atoms with van der Waals surface area (Å²) in [5.41, 5.74) is 4.81. The van der Waals surface area contributed by atoms with Crippen molar-refractivity contribution >= 4 is 12.4 Å². The maximum atomic E-state index is 13.4. The van der Waals surface area contributed by atoms with Gasteiger partial charge in [-0.1, -0.05) is 19.9 Å². The lowest BCUT2D eigenvalue weighted by Crippen LogP contribution is -2.33. The second-order valence-corrected chi connectivity index (χ2v) is 4.26. The normalized spacial score (nSPS) is 13.1. The first-order chi connectivity index (χ1) is 6.90. The average molecular weight is 252 g/mol. The van der Waals surface area contributed by atoms with Crippen molar-refractivity contribution in [3.8, 4) is 0 Å². The summed E-state index contributed by atoms with van der Waals surface area (Å²) in [6, 6.07) is 2.73. The monoisotopic (exact) mass is 251 g/mol. The fraction of sp³-hybridized carbons (Fsp3) is 0.455. The van der Waals surface area contributed by atoms with Gasteiger partial charge in [0.05, 0.1) is 0 Å². The standard InChI is InChI=1S/C11H15F2NO.ClH/c1-11(2,6-15)10(14)9-7(12)4-3-5-8(9)13;/h3-5,10,15H,6,14H2,1-2H3;1H/t10-;/m1./s1. The fourth-order valence-corrected chi connectivity index (χ4v) is 1.30. The molecule has 3 N–H and O–H groups in total. The van der Waals surface area contributed by atoms with E-state index in [4.69, 9.17) is 10.8 Å². The van der Waals surface area contributed by atoms with Crippen LogP contribution in [0.5, 0.6) is 0 Å². The number of hydrogen-bond acceptors (Lipinski definition) is 2. The molecule has 0 aliphatic carbocycles. The molecule has 0 aliphatic heterocycles. The van der Waals surface area contributed by atoms with Crippen molar-refractivity contribution < 1.29 is 13.9 Å². The van der Waals surface area contributed by atoms with E-state index in [-0.39, 0.29) is 24.6 Å². The van der Waals surface area contributed by atoms with Crippen LogP contribution < -0.4 is 5.73 Å². The van der Waals surface area contributed by atoms with Gasteiger partial charge in [0, 0.05) is 23.6 Å². The van der Waals surface area contributed by atoms with Crippen LogP contribution >= 0.6 is 12.4 Å². The van der Waals surface area contributed by atoms with Gasteiger partial charge in [-0.3, -0.25) is 0 Å². The lowest BCUT2D eigenvalue weighted by atomic mass is 9.81. The van der Waals surface area contributed by atoms with Gasteiger partial charge in [0.2, 0.25) is 0 Å². The number of aliphatic hydroxyl groups excluding tert-OH is 1. The topological polar surface area (TPSA) is 46.2 Å². The zero-order valence-corrected chi connectivity index (χ0v) is 10.0. The molecular weight excluding hydrogens is 236 g/mol. The molecule has 5 heteroatoms. The maximum absolute atomic E-state index is 13.4. The fourth-order valence-electron chi connectivity index (χ4n) is 1.30. The number of hydrogen-bond donors (Lipinski definition) is 2.